The van der Waals surface area contributed by atoms with E-state index in [1.54, 1.807) is 5.17 Å². The molecular formula is C27H25Cl2HfSi. The molecule has 0 amide bonds. The Morgan fingerprint density at radius 1 is 0.871 bits per heavy atom. The van der Waals surface area contributed by atoms with Crippen molar-refractivity contribution in [2.24, 2.45) is 5.92 Å². The topological polar surface area (TPSA) is 0 Å². The Kier molecular flexibility index (Phi) is 5.88. The van der Waals surface area contributed by atoms with Gasteiger partial charge < -0.3 is 0 Å². The second kappa shape index (κ2) is 8.37. The number of fused-ring (bicyclic) bond motifs is 4. The molecule has 155 valence electrons. The molecule has 0 heterocycles. The number of rotatable bonds is 2. The van der Waals surface area contributed by atoms with E-state index in [0.717, 1.165) is 0 Å². The summed E-state index contributed by atoms with van der Waals surface area (Å²) in [4.78, 5) is 0. The van der Waals surface area contributed by atoms with Crippen LogP contribution in [0.25, 0.3) is 11.1 Å². The zero-order chi connectivity index (χ0) is 21.9. The third-order valence-corrected chi connectivity index (χ3v) is 15.5. The summed E-state index contributed by atoms with van der Waals surface area (Å²) < 4.78 is 1.29. The number of hydrogen-bond acceptors (Lipinski definition) is 0. The van der Waals surface area contributed by atoms with Crippen molar-refractivity contribution < 1.29 is 19.1 Å². The fraction of sp³-hybridized carbons (Fsp3) is 0.222. The van der Waals surface area contributed by atoms with E-state index in [1.165, 1.54) is 47.9 Å². The molecule has 0 spiro atoms. The second-order valence-electron chi connectivity index (χ2n) is 8.81. The molecule has 0 bridgehead atoms. The SMILES string of the molecule is CC1=[C]([Hf]([Cl])[Cl])C2=CC=CC(=[Si](C)C)C(C)C2=C1C1c2ccccc2-c2ccccc21. The summed E-state index contributed by atoms with van der Waals surface area (Å²) in [7, 11) is 13.0. The molecule has 0 fully saturated rings. The van der Waals surface area contributed by atoms with Crippen molar-refractivity contribution in [3.8, 4) is 11.1 Å². The quantitative estimate of drug-likeness (QED) is 0.297. The molecule has 2 aromatic carbocycles. The standard InChI is InChI=1S/C27H25Si.2ClH.Hf/c1-17-16-19-10-9-15-24(28(3)4)18(2)26(19)25(17)27-22-13-7-5-11-20(22)21-12-6-8-14-23(21)27;;;/h5-15,18,27H,1-4H3;2*1H;/q;;;+2/p-2. The maximum absolute atomic E-state index is 6.80. The number of benzene rings is 2. The molecule has 5 rings (SSSR count). The predicted octanol–water partition coefficient (Wildman–Crippen LogP) is 7.95. The van der Waals surface area contributed by atoms with Crippen LogP contribution >= 0.6 is 17.2 Å². The van der Waals surface area contributed by atoms with E-state index < -0.39 is 27.5 Å². The van der Waals surface area contributed by atoms with Gasteiger partial charge in [-0.15, -0.1) is 0 Å². The first-order valence-electron chi connectivity index (χ1n) is 10.8. The molecule has 31 heavy (non-hydrogen) atoms. The minimum absolute atomic E-state index is 0.244. The zero-order valence-corrected chi connectivity index (χ0v) is 24.4. The fourth-order valence-corrected chi connectivity index (χ4v) is 14.1. The van der Waals surface area contributed by atoms with Gasteiger partial charge in [-0.1, -0.05) is 0 Å². The van der Waals surface area contributed by atoms with Crippen molar-refractivity contribution in [2.75, 3.05) is 0 Å². The van der Waals surface area contributed by atoms with Crippen molar-refractivity contribution in [2.45, 2.75) is 32.9 Å². The van der Waals surface area contributed by atoms with Gasteiger partial charge in [0.25, 0.3) is 0 Å². The maximum atomic E-state index is 6.80. The molecule has 0 N–H and O–H groups in total. The van der Waals surface area contributed by atoms with E-state index in [9.17, 15) is 0 Å². The first kappa shape index (κ1) is 21.8. The normalized spacial score (nSPS) is 19.9. The zero-order valence-electron chi connectivity index (χ0n) is 18.3. The third kappa shape index (κ3) is 3.37. The van der Waals surface area contributed by atoms with Gasteiger partial charge in [-0.05, 0) is 0 Å². The first-order chi connectivity index (χ1) is 14.9. The van der Waals surface area contributed by atoms with E-state index in [4.69, 9.17) is 17.2 Å². The number of halogens is 2. The third-order valence-electron chi connectivity index (χ3n) is 6.96. The van der Waals surface area contributed by atoms with Crippen LogP contribution < -0.4 is 0 Å². The number of allylic oxidation sites excluding steroid dienone is 8. The van der Waals surface area contributed by atoms with Crippen LogP contribution in [0.4, 0.5) is 0 Å². The van der Waals surface area contributed by atoms with Crippen molar-refractivity contribution in [3.05, 3.63) is 104 Å². The second-order valence-corrected chi connectivity index (χ2v) is 22.8. The van der Waals surface area contributed by atoms with Gasteiger partial charge in [0.1, 0.15) is 0 Å². The monoisotopic (exact) mass is 627 g/mol. The molecule has 0 nitrogen and oxygen atoms in total. The Balaban J connectivity index is 1.85. The molecule has 4 heteroatoms. The molecule has 3 aliphatic carbocycles. The molecular weight excluding hydrogens is 602 g/mol. The fourth-order valence-electron chi connectivity index (χ4n) is 5.69. The summed E-state index contributed by atoms with van der Waals surface area (Å²) in [5.41, 5.74) is 11.1. The first-order valence-corrected chi connectivity index (χ1v) is 24.0. The molecule has 1 unspecified atom stereocenters. The molecule has 1 atom stereocenters. The average molecular weight is 627 g/mol. The summed E-state index contributed by atoms with van der Waals surface area (Å²) in [5, 5.41) is 1.58. The van der Waals surface area contributed by atoms with E-state index in [2.05, 4.69) is 93.7 Å². The predicted molar refractivity (Wildman–Crippen MR) is 134 cm³/mol. The van der Waals surface area contributed by atoms with Crippen LogP contribution in [0.5, 0.6) is 0 Å². The van der Waals surface area contributed by atoms with E-state index in [1.807, 2.05) is 0 Å². The van der Waals surface area contributed by atoms with Crippen LogP contribution in [-0.4, -0.2) is 13.6 Å². The van der Waals surface area contributed by atoms with Gasteiger partial charge in [0.15, 0.2) is 0 Å². The van der Waals surface area contributed by atoms with E-state index in [0.29, 0.717) is 5.92 Å². The van der Waals surface area contributed by atoms with Gasteiger partial charge >= 0.3 is 203 Å². The Bertz CT molecular complexity index is 1210. The molecule has 0 radical (unpaired) electrons. The van der Waals surface area contributed by atoms with Gasteiger partial charge in [-0.3, -0.25) is 0 Å². The van der Waals surface area contributed by atoms with Crippen molar-refractivity contribution >= 4 is 30.7 Å². The van der Waals surface area contributed by atoms with Gasteiger partial charge in [0.2, 0.25) is 0 Å². The van der Waals surface area contributed by atoms with Gasteiger partial charge in [-0.25, -0.2) is 0 Å². The van der Waals surface area contributed by atoms with E-state index >= 15 is 0 Å². The van der Waals surface area contributed by atoms with Gasteiger partial charge in [0.05, 0.1) is 0 Å². The number of hydrogen-bond donors (Lipinski definition) is 0. The van der Waals surface area contributed by atoms with Crippen LogP contribution in [-0.2, 0) is 19.1 Å². The van der Waals surface area contributed by atoms with Crippen molar-refractivity contribution in [1.82, 2.24) is 0 Å². The Morgan fingerprint density at radius 3 is 2.00 bits per heavy atom. The Morgan fingerprint density at radius 2 is 1.45 bits per heavy atom. The Hall–Kier alpha value is -1.06. The summed E-state index contributed by atoms with van der Waals surface area (Å²) in [6.07, 6.45) is 6.88. The average Bonchev–Trinajstić information content (AvgIpc) is 3.15. The molecule has 0 saturated carbocycles. The minimum atomic E-state index is -2.84. The van der Waals surface area contributed by atoms with Crippen LogP contribution in [0, 0.1) is 5.92 Å². The Labute approximate surface area is 201 Å². The summed E-state index contributed by atoms with van der Waals surface area (Å²) in [5.74, 6) is 0.628. The van der Waals surface area contributed by atoms with Crippen LogP contribution in [0.2, 0.25) is 13.1 Å². The molecule has 0 aromatic heterocycles. The van der Waals surface area contributed by atoms with Crippen molar-refractivity contribution in [3.63, 3.8) is 0 Å². The van der Waals surface area contributed by atoms with Gasteiger partial charge in [-0.2, -0.15) is 0 Å². The summed E-state index contributed by atoms with van der Waals surface area (Å²) in [6.45, 7) is 9.45. The van der Waals surface area contributed by atoms with Crippen molar-refractivity contribution in [1.29, 1.82) is 0 Å². The van der Waals surface area contributed by atoms with Crippen LogP contribution in [0.1, 0.15) is 30.9 Å². The molecule has 0 aliphatic heterocycles. The summed E-state index contributed by atoms with van der Waals surface area (Å²) in [6, 6.07) is 17.8. The summed E-state index contributed by atoms with van der Waals surface area (Å²) >= 11 is -2.84. The molecule has 2 aromatic rings. The van der Waals surface area contributed by atoms with E-state index in [-0.39, 0.29) is 5.92 Å². The van der Waals surface area contributed by atoms with Crippen LogP contribution in [0.15, 0.2) is 92.4 Å². The molecule has 3 aliphatic rings. The van der Waals surface area contributed by atoms with Crippen LogP contribution in [0.3, 0.4) is 0 Å². The van der Waals surface area contributed by atoms with Gasteiger partial charge in [0, 0.05) is 0 Å². The molecule has 0 saturated heterocycles.